The van der Waals surface area contributed by atoms with Gasteiger partial charge >= 0.3 is 0 Å². The highest BCUT2D eigenvalue weighted by Crippen LogP contribution is 2.17. The molecule has 0 saturated carbocycles. The summed E-state index contributed by atoms with van der Waals surface area (Å²) in [5.74, 6) is 0.330. The average Bonchev–Trinajstić information content (AvgIpc) is 2.34. The molecule has 0 bridgehead atoms. The number of nitriles is 1. The molecule has 0 saturated heterocycles. The van der Waals surface area contributed by atoms with Crippen LogP contribution in [0.4, 0.5) is 11.5 Å². The van der Waals surface area contributed by atoms with Crippen molar-refractivity contribution < 1.29 is 10.0 Å². The Hall–Kier alpha value is -2.20. The van der Waals surface area contributed by atoms with Gasteiger partial charge in [0.25, 0.3) is 5.69 Å². The number of aromatic nitrogens is 1. The van der Waals surface area contributed by atoms with Crippen LogP contribution in [-0.4, -0.2) is 28.2 Å². The molecule has 1 heterocycles. The van der Waals surface area contributed by atoms with Crippen LogP contribution in [0.15, 0.2) is 12.3 Å². The van der Waals surface area contributed by atoms with Crippen LogP contribution in [0.3, 0.4) is 0 Å². The van der Waals surface area contributed by atoms with Crippen molar-refractivity contribution in [3.8, 4) is 6.07 Å². The van der Waals surface area contributed by atoms with Crippen LogP contribution in [0.2, 0.25) is 0 Å². The number of nitro groups is 1. The van der Waals surface area contributed by atoms with Gasteiger partial charge in [-0.25, -0.2) is 4.98 Å². The molecule has 0 amide bonds. The third-order valence-corrected chi connectivity index (χ3v) is 2.08. The largest absolute Gasteiger partial charge is 0.396 e. The van der Waals surface area contributed by atoms with E-state index >= 15 is 0 Å². The molecule has 1 aromatic rings. The summed E-state index contributed by atoms with van der Waals surface area (Å²) in [5, 5.41) is 30.8. The normalized spacial score (nSPS) is 9.65. The van der Waals surface area contributed by atoms with E-state index in [0.29, 0.717) is 18.8 Å². The van der Waals surface area contributed by atoms with E-state index in [1.165, 1.54) is 6.07 Å². The predicted molar refractivity (Wildman–Crippen MR) is 60.4 cm³/mol. The fraction of sp³-hybridized carbons (Fsp3) is 0.400. The monoisotopic (exact) mass is 236 g/mol. The molecule has 0 aliphatic rings. The fourth-order valence-corrected chi connectivity index (χ4v) is 1.22. The summed E-state index contributed by atoms with van der Waals surface area (Å²) in [4.78, 5) is 13.7. The van der Waals surface area contributed by atoms with E-state index in [-0.39, 0.29) is 17.9 Å². The van der Waals surface area contributed by atoms with Crippen LogP contribution < -0.4 is 5.32 Å². The fourth-order valence-electron chi connectivity index (χ4n) is 1.22. The molecule has 17 heavy (non-hydrogen) atoms. The molecule has 1 aromatic heterocycles. The number of nitrogens with one attached hydrogen (secondary N) is 1. The summed E-state index contributed by atoms with van der Waals surface area (Å²) in [6.07, 6.45) is 2.50. The van der Waals surface area contributed by atoms with E-state index < -0.39 is 4.92 Å². The lowest BCUT2D eigenvalue weighted by atomic mass is 10.2. The molecule has 0 fully saturated rings. The third kappa shape index (κ3) is 3.70. The van der Waals surface area contributed by atoms with Crippen molar-refractivity contribution in [2.75, 3.05) is 18.5 Å². The summed E-state index contributed by atoms with van der Waals surface area (Å²) < 4.78 is 0. The van der Waals surface area contributed by atoms with E-state index in [9.17, 15) is 10.1 Å². The second-order valence-electron chi connectivity index (χ2n) is 3.32. The van der Waals surface area contributed by atoms with Gasteiger partial charge in [0.2, 0.25) is 0 Å². The molecule has 0 unspecified atom stereocenters. The molecule has 1 rings (SSSR count). The van der Waals surface area contributed by atoms with Crippen LogP contribution in [-0.2, 0) is 0 Å². The number of hydrogen-bond acceptors (Lipinski definition) is 6. The first kappa shape index (κ1) is 12.9. The Kier molecular flexibility index (Phi) is 4.84. The standard InChI is InChI=1S/C10H12N4O3/c11-6-8-5-9(14(16)17)7-13-10(8)12-3-1-2-4-15/h5,7,15H,1-4H2,(H,12,13). The van der Waals surface area contributed by atoms with Crippen LogP contribution in [0, 0.1) is 21.4 Å². The summed E-state index contributed by atoms with van der Waals surface area (Å²) in [6, 6.07) is 3.03. The van der Waals surface area contributed by atoms with Crippen LogP contribution in [0.5, 0.6) is 0 Å². The highest BCUT2D eigenvalue weighted by molar-refractivity contribution is 5.55. The van der Waals surface area contributed by atoms with Gasteiger partial charge in [-0.3, -0.25) is 10.1 Å². The van der Waals surface area contributed by atoms with E-state index in [1.54, 1.807) is 0 Å². The van der Waals surface area contributed by atoms with E-state index in [4.69, 9.17) is 10.4 Å². The maximum absolute atomic E-state index is 10.5. The van der Waals surface area contributed by atoms with Gasteiger partial charge in [0.1, 0.15) is 23.6 Å². The minimum atomic E-state index is -0.594. The van der Waals surface area contributed by atoms with Gasteiger partial charge in [0.05, 0.1) is 4.92 Å². The molecular weight excluding hydrogens is 224 g/mol. The number of nitrogens with zero attached hydrogens (tertiary/aromatic N) is 3. The van der Waals surface area contributed by atoms with E-state index in [1.807, 2.05) is 6.07 Å². The lowest BCUT2D eigenvalue weighted by Crippen LogP contribution is -2.06. The zero-order valence-electron chi connectivity index (χ0n) is 9.09. The van der Waals surface area contributed by atoms with Crippen molar-refractivity contribution in [1.82, 2.24) is 4.98 Å². The van der Waals surface area contributed by atoms with Gasteiger partial charge in [0, 0.05) is 19.2 Å². The lowest BCUT2D eigenvalue weighted by molar-refractivity contribution is -0.385. The molecule has 0 aliphatic carbocycles. The molecule has 0 aromatic carbocycles. The van der Waals surface area contributed by atoms with Gasteiger partial charge < -0.3 is 10.4 Å². The van der Waals surface area contributed by atoms with Crippen molar-refractivity contribution in [1.29, 1.82) is 5.26 Å². The maximum atomic E-state index is 10.5. The summed E-state index contributed by atoms with van der Waals surface area (Å²) in [7, 11) is 0. The number of unbranched alkanes of at least 4 members (excludes halogenated alkanes) is 1. The molecule has 90 valence electrons. The van der Waals surface area contributed by atoms with Gasteiger partial charge in [-0.1, -0.05) is 0 Å². The number of aliphatic hydroxyl groups excluding tert-OH is 1. The number of rotatable bonds is 6. The highest BCUT2D eigenvalue weighted by Gasteiger charge is 2.11. The van der Waals surface area contributed by atoms with Crippen LogP contribution in [0.1, 0.15) is 18.4 Å². The first-order chi connectivity index (χ1) is 8.19. The zero-order valence-corrected chi connectivity index (χ0v) is 9.09. The third-order valence-electron chi connectivity index (χ3n) is 2.08. The maximum Gasteiger partial charge on any atom is 0.289 e. The van der Waals surface area contributed by atoms with Crippen molar-refractivity contribution in [2.45, 2.75) is 12.8 Å². The lowest BCUT2D eigenvalue weighted by Gasteiger charge is -2.05. The SMILES string of the molecule is N#Cc1cc([N+](=O)[O-])cnc1NCCCCO. The van der Waals surface area contributed by atoms with Crippen LogP contribution in [0.25, 0.3) is 0 Å². The van der Waals surface area contributed by atoms with Gasteiger partial charge in [-0.15, -0.1) is 0 Å². The molecular formula is C10H12N4O3. The molecule has 0 radical (unpaired) electrons. The second-order valence-corrected chi connectivity index (χ2v) is 3.32. The molecule has 0 aliphatic heterocycles. The van der Waals surface area contributed by atoms with Crippen molar-refractivity contribution in [3.05, 3.63) is 27.9 Å². The molecule has 7 heteroatoms. The van der Waals surface area contributed by atoms with Crippen LogP contribution >= 0.6 is 0 Å². The summed E-state index contributed by atoms with van der Waals surface area (Å²) in [6.45, 7) is 0.667. The quantitative estimate of drug-likeness (QED) is 0.433. The van der Waals surface area contributed by atoms with Crippen molar-refractivity contribution in [2.24, 2.45) is 0 Å². The number of aliphatic hydroxyl groups is 1. The Morgan fingerprint density at radius 3 is 2.94 bits per heavy atom. The van der Waals surface area contributed by atoms with Crippen molar-refractivity contribution in [3.63, 3.8) is 0 Å². The molecule has 0 atom stereocenters. The number of hydrogen-bond donors (Lipinski definition) is 2. The minimum absolute atomic E-state index is 0.112. The highest BCUT2D eigenvalue weighted by atomic mass is 16.6. The first-order valence-electron chi connectivity index (χ1n) is 5.08. The minimum Gasteiger partial charge on any atom is -0.396 e. The number of pyridine rings is 1. The Labute approximate surface area is 97.9 Å². The molecule has 7 nitrogen and oxygen atoms in total. The Bertz CT molecular complexity index is 442. The zero-order chi connectivity index (χ0) is 12.7. The molecule has 2 N–H and O–H groups in total. The first-order valence-corrected chi connectivity index (χ1v) is 5.08. The van der Waals surface area contributed by atoms with Gasteiger partial charge in [-0.05, 0) is 12.8 Å². The summed E-state index contributed by atoms with van der Waals surface area (Å²) >= 11 is 0. The van der Waals surface area contributed by atoms with E-state index in [2.05, 4.69) is 10.3 Å². The predicted octanol–water partition coefficient (Wildman–Crippen LogP) is 1.05. The number of anilines is 1. The average molecular weight is 236 g/mol. The Morgan fingerprint density at radius 2 is 2.35 bits per heavy atom. The van der Waals surface area contributed by atoms with E-state index in [0.717, 1.165) is 12.6 Å². The topological polar surface area (TPSA) is 112 Å². The Balaban J connectivity index is 2.73. The second kappa shape index (κ2) is 6.40. The van der Waals surface area contributed by atoms with Gasteiger partial charge in [0.15, 0.2) is 0 Å². The van der Waals surface area contributed by atoms with Gasteiger partial charge in [-0.2, -0.15) is 5.26 Å². The Morgan fingerprint density at radius 1 is 1.59 bits per heavy atom. The van der Waals surface area contributed by atoms with Crippen molar-refractivity contribution >= 4 is 11.5 Å². The smallest absolute Gasteiger partial charge is 0.289 e. The summed E-state index contributed by atoms with van der Waals surface area (Å²) in [5.41, 5.74) is -0.0642. The molecule has 0 spiro atoms.